The molecular weight excluding hydrogens is 299 g/mol. The highest BCUT2D eigenvalue weighted by Gasteiger charge is 2.68. The number of hydrogen-bond donors (Lipinski definition) is 1. The molecule has 1 atom stereocenters. The number of carboxylic acid groups (broad SMARTS) is 1. The van der Waals surface area contributed by atoms with Crippen LogP contribution in [0.5, 0.6) is 0 Å². The summed E-state index contributed by atoms with van der Waals surface area (Å²) in [6, 6.07) is 0. The average Bonchev–Trinajstić information content (AvgIpc) is 2.93. The minimum Gasteiger partial charge on any atom is -0.481 e. The Morgan fingerprint density at radius 3 is 2.47 bits per heavy atom. The molecule has 0 bridgehead atoms. The van der Waals surface area contributed by atoms with Gasteiger partial charge in [0.25, 0.3) is 0 Å². The van der Waals surface area contributed by atoms with Gasteiger partial charge >= 0.3 is 12.1 Å². The Bertz CT molecular complexity index is 469. The summed E-state index contributed by atoms with van der Waals surface area (Å²) in [5.74, 6) is -2.28. The number of aliphatic carboxylic acids is 1. The third kappa shape index (κ3) is 3.05. The SMILES string of the molecule is Cc1cnc([C@@H](CC(=O)O)C2(C(F)(F)F)CC2)s1.S. The molecule has 1 fully saturated rings. The first-order chi connectivity index (χ1) is 8.26. The molecule has 2 rings (SSSR count). The van der Waals surface area contributed by atoms with Gasteiger partial charge in [-0.15, -0.1) is 11.3 Å². The van der Waals surface area contributed by atoms with Crippen molar-refractivity contribution in [1.29, 1.82) is 0 Å². The number of halogens is 3. The zero-order chi connectivity index (χ0) is 13.6. The number of aryl methyl sites for hydroxylation is 1. The van der Waals surface area contributed by atoms with E-state index in [4.69, 9.17) is 5.11 Å². The largest absolute Gasteiger partial charge is 0.481 e. The Labute approximate surface area is 119 Å². The highest BCUT2D eigenvalue weighted by Crippen LogP contribution is 2.66. The van der Waals surface area contributed by atoms with Crippen LogP contribution in [0.15, 0.2) is 6.20 Å². The Kier molecular flexibility index (Phi) is 4.56. The molecule has 1 aliphatic carbocycles. The third-order valence-corrected chi connectivity index (χ3v) is 4.36. The molecule has 0 spiro atoms. The van der Waals surface area contributed by atoms with Crippen molar-refractivity contribution in [2.24, 2.45) is 5.41 Å². The van der Waals surface area contributed by atoms with Gasteiger partial charge in [0.2, 0.25) is 0 Å². The van der Waals surface area contributed by atoms with Crippen LogP contribution in [0.25, 0.3) is 0 Å². The van der Waals surface area contributed by atoms with Gasteiger partial charge in [-0.3, -0.25) is 4.79 Å². The molecule has 1 N–H and O–H groups in total. The van der Waals surface area contributed by atoms with Crippen LogP contribution < -0.4 is 0 Å². The zero-order valence-corrected chi connectivity index (χ0v) is 11.9. The van der Waals surface area contributed by atoms with Crippen LogP contribution in [-0.4, -0.2) is 22.2 Å². The quantitative estimate of drug-likeness (QED) is 0.926. The molecule has 1 heterocycles. The van der Waals surface area contributed by atoms with E-state index in [1.54, 1.807) is 6.92 Å². The molecule has 108 valence electrons. The highest BCUT2D eigenvalue weighted by molar-refractivity contribution is 7.59. The number of thiazole rings is 1. The van der Waals surface area contributed by atoms with E-state index < -0.39 is 29.9 Å². The van der Waals surface area contributed by atoms with Gasteiger partial charge in [-0.2, -0.15) is 26.7 Å². The van der Waals surface area contributed by atoms with Gasteiger partial charge in [-0.25, -0.2) is 4.98 Å². The highest BCUT2D eigenvalue weighted by atomic mass is 32.1. The maximum Gasteiger partial charge on any atom is 0.395 e. The molecule has 1 aliphatic rings. The molecule has 1 aromatic rings. The molecule has 1 saturated carbocycles. The Balaban J connectivity index is 0.00000180. The fourth-order valence-corrected chi connectivity index (χ4v) is 3.18. The molecule has 3 nitrogen and oxygen atoms in total. The van der Waals surface area contributed by atoms with Crippen molar-refractivity contribution in [1.82, 2.24) is 4.98 Å². The van der Waals surface area contributed by atoms with Gasteiger partial charge in [0.05, 0.1) is 16.8 Å². The first-order valence-corrected chi connectivity index (χ1v) is 6.29. The summed E-state index contributed by atoms with van der Waals surface area (Å²) in [6.07, 6.45) is -3.42. The number of carboxylic acids is 1. The molecule has 1 aromatic heterocycles. The molecule has 0 aromatic carbocycles. The van der Waals surface area contributed by atoms with Crippen molar-refractivity contribution in [2.45, 2.75) is 38.3 Å². The van der Waals surface area contributed by atoms with Gasteiger partial charge < -0.3 is 5.11 Å². The van der Waals surface area contributed by atoms with Crippen LogP contribution in [0.4, 0.5) is 13.2 Å². The summed E-state index contributed by atoms with van der Waals surface area (Å²) in [6.45, 7) is 1.74. The van der Waals surface area contributed by atoms with Crippen molar-refractivity contribution >= 4 is 30.8 Å². The Hall–Kier alpha value is -0.760. The molecule has 8 heteroatoms. The molecule has 0 amide bonds. The standard InChI is InChI=1S/C11H12F3NO2S.H2S/c1-6-5-15-9(18-6)7(4-8(16)17)10(2-3-10)11(12,13)14;/h5,7H,2-4H2,1H3,(H,16,17);1H2/t7-;/m1./s1. The second-order valence-electron chi connectivity index (χ2n) is 4.61. The summed E-state index contributed by atoms with van der Waals surface area (Å²) >= 11 is 1.15. The van der Waals surface area contributed by atoms with Crippen LogP contribution in [0, 0.1) is 12.3 Å². The van der Waals surface area contributed by atoms with Crippen LogP contribution in [0.2, 0.25) is 0 Å². The van der Waals surface area contributed by atoms with Crippen molar-refractivity contribution in [2.75, 3.05) is 0 Å². The second kappa shape index (κ2) is 5.32. The fraction of sp³-hybridized carbons (Fsp3) is 0.636. The van der Waals surface area contributed by atoms with Crippen LogP contribution >= 0.6 is 24.8 Å². The third-order valence-electron chi connectivity index (χ3n) is 3.34. The minimum absolute atomic E-state index is 0. The van der Waals surface area contributed by atoms with E-state index in [2.05, 4.69) is 4.98 Å². The number of rotatable bonds is 4. The molecule has 0 radical (unpaired) electrons. The van der Waals surface area contributed by atoms with Crippen LogP contribution in [0.3, 0.4) is 0 Å². The van der Waals surface area contributed by atoms with Gasteiger partial charge in [0.1, 0.15) is 0 Å². The van der Waals surface area contributed by atoms with Crippen molar-refractivity contribution < 1.29 is 23.1 Å². The van der Waals surface area contributed by atoms with E-state index in [-0.39, 0.29) is 31.3 Å². The van der Waals surface area contributed by atoms with Gasteiger partial charge in [0.15, 0.2) is 0 Å². The summed E-state index contributed by atoms with van der Waals surface area (Å²) in [5, 5.41) is 9.10. The van der Waals surface area contributed by atoms with E-state index in [0.717, 1.165) is 16.2 Å². The molecule has 0 saturated heterocycles. The van der Waals surface area contributed by atoms with Crippen LogP contribution in [-0.2, 0) is 4.79 Å². The van der Waals surface area contributed by atoms with Crippen LogP contribution in [0.1, 0.15) is 35.1 Å². The maximum atomic E-state index is 13.1. The average molecular weight is 313 g/mol. The smallest absolute Gasteiger partial charge is 0.395 e. The minimum atomic E-state index is -4.37. The fourth-order valence-electron chi connectivity index (χ4n) is 2.19. The summed E-state index contributed by atoms with van der Waals surface area (Å²) in [4.78, 5) is 15.5. The van der Waals surface area contributed by atoms with Gasteiger partial charge in [-0.1, -0.05) is 0 Å². The van der Waals surface area contributed by atoms with Crippen molar-refractivity contribution in [3.63, 3.8) is 0 Å². The maximum absolute atomic E-state index is 13.1. The van der Waals surface area contributed by atoms with E-state index in [0.29, 0.717) is 0 Å². The van der Waals surface area contributed by atoms with E-state index >= 15 is 0 Å². The van der Waals surface area contributed by atoms with Gasteiger partial charge in [0, 0.05) is 17.0 Å². The molecular formula is C11H14F3NO2S2. The van der Waals surface area contributed by atoms with Gasteiger partial charge in [-0.05, 0) is 19.8 Å². The van der Waals surface area contributed by atoms with E-state index in [9.17, 15) is 18.0 Å². The normalized spacial score (nSPS) is 18.5. The first-order valence-electron chi connectivity index (χ1n) is 5.47. The molecule has 0 aliphatic heterocycles. The number of nitrogens with zero attached hydrogens (tertiary/aromatic N) is 1. The summed E-state index contributed by atoms with van der Waals surface area (Å²) in [5.41, 5.74) is -1.88. The number of hydrogen-bond acceptors (Lipinski definition) is 3. The Morgan fingerprint density at radius 1 is 1.58 bits per heavy atom. The molecule has 0 unspecified atom stereocenters. The number of aromatic nitrogens is 1. The second-order valence-corrected chi connectivity index (χ2v) is 5.88. The Morgan fingerprint density at radius 2 is 2.16 bits per heavy atom. The molecule has 19 heavy (non-hydrogen) atoms. The zero-order valence-electron chi connectivity index (χ0n) is 10.1. The van der Waals surface area contributed by atoms with Crippen molar-refractivity contribution in [3.8, 4) is 0 Å². The number of carbonyl (C=O) groups is 1. The summed E-state index contributed by atoms with van der Waals surface area (Å²) < 4.78 is 39.2. The summed E-state index contributed by atoms with van der Waals surface area (Å²) in [7, 11) is 0. The predicted molar refractivity (Wildman–Crippen MR) is 69.9 cm³/mol. The number of alkyl halides is 3. The monoisotopic (exact) mass is 313 g/mol. The van der Waals surface area contributed by atoms with Crippen molar-refractivity contribution in [3.05, 3.63) is 16.1 Å². The predicted octanol–water partition coefficient (Wildman–Crippen LogP) is 3.47. The van der Waals surface area contributed by atoms with E-state index in [1.165, 1.54) is 6.20 Å². The lowest BCUT2D eigenvalue weighted by Gasteiger charge is -2.26. The lowest BCUT2D eigenvalue weighted by Crippen LogP contribution is -2.32. The topological polar surface area (TPSA) is 50.2 Å². The lowest BCUT2D eigenvalue weighted by molar-refractivity contribution is -0.195. The lowest BCUT2D eigenvalue weighted by atomic mass is 9.86. The first kappa shape index (κ1) is 16.3. The van der Waals surface area contributed by atoms with E-state index in [1.807, 2.05) is 0 Å².